The summed E-state index contributed by atoms with van der Waals surface area (Å²) < 4.78 is 10.1. The molecule has 0 saturated heterocycles. The van der Waals surface area contributed by atoms with Crippen molar-refractivity contribution in [1.82, 2.24) is 4.90 Å². The molecule has 1 amide bonds. The molecule has 0 aliphatic carbocycles. The molecule has 5 nitrogen and oxygen atoms in total. The van der Waals surface area contributed by atoms with E-state index in [-0.39, 0.29) is 24.1 Å². The van der Waals surface area contributed by atoms with Crippen LogP contribution in [0, 0.1) is 0 Å². The Morgan fingerprint density at radius 1 is 1.30 bits per heavy atom. The van der Waals surface area contributed by atoms with Gasteiger partial charge in [0.15, 0.2) is 0 Å². The molecule has 0 bridgehead atoms. The first kappa shape index (κ1) is 16.5. The molecule has 0 saturated carbocycles. The quantitative estimate of drug-likeness (QED) is 0.783. The number of phenolic OH excluding ortho intramolecular Hbond substituents is 1. The number of methoxy groups -OCH3 is 2. The number of phenols is 1. The van der Waals surface area contributed by atoms with E-state index < -0.39 is 0 Å². The monoisotopic (exact) mass is 281 g/mol. The van der Waals surface area contributed by atoms with Crippen LogP contribution >= 0.6 is 0 Å². The lowest BCUT2D eigenvalue weighted by Gasteiger charge is -2.28. The zero-order chi connectivity index (χ0) is 15.0. The van der Waals surface area contributed by atoms with E-state index >= 15 is 0 Å². The van der Waals surface area contributed by atoms with E-state index in [1.54, 1.807) is 43.4 Å². The number of amides is 1. The molecule has 0 aliphatic rings. The lowest BCUT2D eigenvalue weighted by Crippen LogP contribution is -2.43. The van der Waals surface area contributed by atoms with Crippen LogP contribution in [0.3, 0.4) is 0 Å². The molecule has 1 aromatic carbocycles. The number of benzene rings is 1. The summed E-state index contributed by atoms with van der Waals surface area (Å²) in [5, 5.41) is 9.74. The predicted octanol–water partition coefficient (Wildman–Crippen LogP) is 1.44. The van der Waals surface area contributed by atoms with Crippen molar-refractivity contribution in [3.8, 4) is 5.75 Å². The van der Waals surface area contributed by atoms with Crippen LogP contribution in [0.1, 0.15) is 12.5 Å². The fourth-order valence-corrected chi connectivity index (χ4v) is 2.04. The van der Waals surface area contributed by atoms with E-state index in [0.29, 0.717) is 25.3 Å². The fraction of sp³-hybridized carbons (Fsp3) is 0.533. The third kappa shape index (κ3) is 4.83. The summed E-state index contributed by atoms with van der Waals surface area (Å²) in [4.78, 5) is 14.1. The number of hydrogen-bond acceptors (Lipinski definition) is 4. The van der Waals surface area contributed by atoms with Crippen molar-refractivity contribution in [1.29, 1.82) is 0 Å². The van der Waals surface area contributed by atoms with Gasteiger partial charge in [-0.15, -0.1) is 0 Å². The second-order valence-electron chi connectivity index (χ2n) is 4.69. The number of carbonyl (C=O) groups excluding carboxylic acids is 1. The minimum Gasteiger partial charge on any atom is -0.508 e. The maximum Gasteiger partial charge on any atom is 0.227 e. The molecule has 0 spiro atoms. The van der Waals surface area contributed by atoms with E-state index in [2.05, 4.69) is 0 Å². The van der Waals surface area contributed by atoms with Gasteiger partial charge in [-0.2, -0.15) is 0 Å². The van der Waals surface area contributed by atoms with Crippen molar-refractivity contribution in [2.45, 2.75) is 19.4 Å². The summed E-state index contributed by atoms with van der Waals surface area (Å²) in [7, 11) is 3.21. The smallest absolute Gasteiger partial charge is 0.227 e. The Kier molecular flexibility index (Phi) is 7.04. The molecule has 20 heavy (non-hydrogen) atoms. The first-order chi connectivity index (χ1) is 9.60. The fourth-order valence-electron chi connectivity index (χ4n) is 2.04. The van der Waals surface area contributed by atoms with Gasteiger partial charge in [-0.3, -0.25) is 4.79 Å². The van der Waals surface area contributed by atoms with Gasteiger partial charge in [0.2, 0.25) is 5.91 Å². The molecule has 0 fully saturated rings. The first-order valence-electron chi connectivity index (χ1n) is 6.64. The first-order valence-corrected chi connectivity index (χ1v) is 6.64. The van der Waals surface area contributed by atoms with E-state index in [1.165, 1.54) is 0 Å². The highest BCUT2D eigenvalue weighted by Gasteiger charge is 2.20. The third-order valence-electron chi connectivity index (χ3n) is 3.13. The average molecular weight is 281 g/mol. The molecule has 0 aromatic heterocycles. The summed E-state index contributed by atoms with van der Waals surface area (Å²) in [5.74, 6) is 0.0973. The van der Waals surface area contributed by atoms with Gasteiger partial charge in [-0.1, -0.05) is 18.2 Å². The SMILES string of the molecule is COCCN(C(=O)Cc1ccccc1O)C(C)COC. The van der Waals surface area contributed by atoms with Crippen molar-refractivity contribution >= 4 is 5.91 Å². The maximum absolute atomic E-state index is 12.4. The van der Waals surface area contributed by atoms with Gasteiger partial charge < -0.3 is 19.5 Å². The van der Waals surface area contributed by atoms with Gasteiger partial charge >= 0.3 is 0 Å². The van der Waals surface area contributed by atoms with E-state index in [9.17, 15) is 9.90 Å². The number of carbonyl (C=O) groups is 1. The highest BCUT2D eigenvalue weighted by molar-refractivity contribution is 5.79. The Balaban J connectivity index is 2.74. The Morgan fingerprint density at radius 2 is 2.00 bits per heavy atom. The third-order valence-corrected chi connectivity index (χ3v) is 3.13. The second kappa shape index (κ2) is 8.55. The second-order valence-corrected chi connectivity index (χ2v) is 4.69. The minimum atomic E-state index is -0.0481. The molecular formula is C15H23NO4. The summed E-state index contributed by atoms with van der Waals surface area (Å²) in [5.41, 5.74) is 0.629. The molecule has 0 heterocycles. The van der Waals surface area contributed by atoms with Crippen LogP contribution in [-0.2, 0) is 20.7 Å². The van der Waals surface area contributed by atoms with Gasteiger partial charge in [0, 0.05) is 26.3 Å². The van der Waals surface area contributed by atoms with Crippen LogP contribution < -0.4 is 0 Å². The van der Waals surface area contributed by atoms with Crippen molar-refractivity contribution in [2.24, 2.45) is 0 Å². The molecule has 0 radical (unpaired) electrons. The highest BCUT2D eigenvalue weighted by Crippen LogP contribution is 2.17. The van der Waals surface area contributed by atoms with Crippen molar-refractivity contribution in [2.75, 3.05) is 34.0 Å². The molecule has 1 unspecified atom stereocenters. The molecule has 1 N–H and O–H groups in total. The maximum atomic E-state index is 12.4. The Bertz CT molecular complexity index is 422. The van der Waals surface area contributed by atoms with Gasteiger partial charge in [-0.05, 0) is 13.0 Å². The normalized spacial score (nSPS) is 12.2. The number of para-hydroxylation sites is 1. The molecular weight excluding hydrogens is 258 g/mol. The molecule has 112 valence electrons. The summed E-state index contributed by atoms with van der Waals surface area (Å²) >= 11 is 0. The minimum absolute atomic E-state index is 0.0338. The molecule has 1 atom stereocenters. The lowest BCUT2D eigenvalue weighted by atomic mass is 10.1. The van der Waals surface area contributed by atoms with Gasteiger partial charge in [0.05, 0.1) is 25.7 Å². The van der Waals surface area contributed by atoms with Crippen LogP contribution in [0.5, 0.6) is 5.75 Å². The number of aromatic hydroxyl groups is 1. The highest BCUT2D eigenvalue weighted by atomic mass is 16.5. The number of ether oxygens (including phenoxy) is 2. The molecule has 1 aromatic rings. The Morgan fingerprint density at radius 3 is 2.60 bits per heavy atom. The van der Waals surface area contributed by atoms with Crippen molar-refractivity contribution < 1.29 is 19.4 Å². The van der Waals surface area contributed by atoms with E-state index in [1.807, 2.05) is 6.92 Å². The number of rotatable bonds is 8. The van der Waals surface area contributed by atoms with Crippen LogP contribution in [0.2, 0.25) is 0 Å². The summed E-state index contributed by atoms with van der Waals surface area (Å²) in [6, 6.07) is 6.84. The standard InChI is InChI=1S/C15H23NO4/c1-12(11-20-3)16(8-9-19-2)15(18)10-13-6-4-5-7-14(13)17/h4-7,12,17H,8-11H2,1-3H3. The van der Waals surface area contributed by atoms with Crippen LogP contribution in [0.15, 0.2) is 24.3 Å². The Labute approximate surface area is 120 Å². The van der Waals surface area contributed by atoms with Crippen molar-refractivity contribution in [3.63, 3.8) is 0 Å². The zero-order valence-electron chi connectivity index (χ0n) is 12.3. The summed E-state index contributed by atoms with van der Waals surface area (Å²) in [6.45, 7) is 3.38. The number of nitrogens with zero attached hydrogens (tertiary/aromatic N) is 1. The zero-order valence-corrected chi connectivity index (χ0v) is 12.3. The van der Waals surface area contributed by atoms with Crippen molar-refractivity contribution in [3.05, 3.63) is 29.8 Å². The van der Waals surface area contributed by atoms with Gasteiger partial charge in [0.1, 0.15) is 5.75 Å². The predicted molar refractivity (Wildman–Crippen MR) is 76.7 cm³/mol. The van der Waals surface area contributed by atoms with Crippen LogP contribution in [-0.4, -0.2) is 55.9 Å². The summed E-state index contributed by atoms with van der Waals surface area (Å²) in [6.07, 6.45) is 0.171. The topological polar surface area (TPSA) is 59.0 Å². The van der Waals surface area contributed by atoms with Gasteiger partial charge in [-0.25, -0.2) is 0 Å². The lowest BCUT2D eigenvalue weighted by molar-refractivity contribution is -0.134. The van der Waals surface area contributed by atoms with Crippen LogP contribution in [0.25, 0.3) is 0 Å². The molecule has 5 heteroatoms. The molecule has 1 rings (SSSR count). The van der Waals surface area contributed by atoms with Crippen LogP contribution in [0.4, 0.5) is 0 Å². The van der Waals surface area contributed by atoms with E-state index in [0.717, 1.165) is 0 Å². The average Bonchev–Trinajstić information content (AvgIpc) is 2.42. The molecule has 0 aliphatic heterocycles. The number of hydrogen-bond donors (Lipinski definition) is 1. The Hall–Kier alpha value is -1.59. The van der Waals surface area contributed by atoms with Gasteiger partial charge in [0.25, 0.3) is 0 Å². The largest absolute Gasteiger partial charge is 0.508 e. The van der Waals surface area contributed by atoms with E-state index in [4.69, 9.17) is 9.47 Å².